The molecule has 1 aliphatic rings. The number of aliphatic imine (C=N–C) groups is 1. The monoisotopic (exact) mass is 513 g/mol. The van der Waals surface area contributed by atoms with Crippen molar-refractivity contribution in [3.05, 3.63) is 40.9 Å². The van der Waals surface area contributed by atoms with Crippen LogP contribution in [0.5, 0.6) is 0 Å². The maximum Gasteiger partial charge on any atom is 0.219 e. The first-order chi connectivity index (χ1) is 13.1. The molecule has 3 rings (SSSR count). The molecule has 2 heterocycles. The van der Waals surface area contributed by atoms with Gasteiger partial charge in [-0.15, -0.1) is 35.3 Å². The highest BCUT2D eigenvalue weighted by atomic mass is 127. The average Bonchev–Trinajstić information content (AvgIpc) is 3.07. The van der Waals surface area contributed by atoms with Crippen molar-refractivity contribution in [3.8, 4) is 10.6 Å². The number of hydrogen-bond acceptors (Lipinski definition) is 4. The molecule has 28 heavy (non-hydrogen) atoms. The van der Waals surface area contributed by atoms with Gasteiger partial charge in [-0.2, -0.15) is 0 Å². The molecule has 0 spiro atoms. The zero-order chi connectivity index (χ0) is 19.2. The Morgan fingerprint density at radius 2 is 1.96 bits per heavy atom. The number of aromatic nitrogens is 1. The summed E-state index contributed by atoms with van der Waals surface area (Å²) < 4.78 is 0. The molecule has 8 heteroatoms. The number of carbonyl (C=O) groups is 1. The minimum Gasteiger partial charge on any atom is -0.354 e. The molecule has 2 aromatic rings. The summed E-state index contributed by atoms with van der Waals surface area (Å²) in [4.78, 5) is 23.6. The quantitative estimate of drug-likeness (QED) is 0.374. The van der Waals surface area contributed by atoms with Crippen LogP contribution in [-0.2, 0) is 11.3 Å². The van der Waals surface area contributed by atoms with Gasteiger partial charge in [0.25, 0.3) is 0 Å². The number of thiazole rings is 1. The van der Waals surface area contributed by atoms with Crippen molar-refractivity contribution in [2.24, 2.45) is 4.99 Å². The second-order valence-corrected chi connectivity index (χ2v) is 7.83. The zero-order valence-corrected chi connectivity index (χ0v) is 19.7. The minimum atomic E-state index is 0. The van der Waals surface area contributed by atoms with Crippen LogP contribution < -0.4 is 10.6 Å². The maximum absolute atomic E-state index is 11.4. The van der Waals surface area contributed by atoms with Gasteiger partial charge in [-0.3, -0.25) is 9.79 Å². The van der Waals surface area contributed by atoms with Gasteiger partial charge in [-0.1, -0.05) is 30.3 Å². The van der Waals surface area contributed by atoms with Crippen LogP contribution in [0.1, 0.15) is 30.3 Å². The molecule has 1 fully saturated rings. The fourth-order valence-corrected chi connectivity index (χ4v) is 4.19. The molecule has 1 amide bonds. The van der Waals surface area contributed by atoms with Crippen LogP contribution in [0.15, 0.2) is 35.3 Å². The van der Waals surface area contributed by atoms with Gasteiger partial charge in [0.15, 0.2) is 5.96 Å². The Balaban J connectivity index is 0.00000280. The van der Waals surface area contributed by atoms with Crippen LogP contribution in [0, 0.1) is 6.92 Å². The first-order valence-corrected chi connectivity index (χ1v) is 10.1. The number of guanidine groups is 1. The highest BCUT2D eigenvalue weighted by Gasteiger charge is 2.21. The van der Waals surface area contributed by atoms with Gasteiger partial charge in [0.1, 0.15) is 5.01 Å². The third kappa shape index (κ3) is 5.91. The molecular weight excluding hydrogens is 485 g/mol. The van der Waals surface area contributed by atoms with Crippen molar-refractivity contribution in [2.75, 3.05) is 20.1 Å². The van der Waals surface area contributed by atoms with Gasteiger partial charge >= 0.3 is 0 Å². The van der Waals surface area contributed by atoms with Gasteiger partial charge in [0.2, 0.25) is 5.91 Å². The SMILES string of the molecule is CN=C(NCc1sc(-c2ccccc2)nc1C)NC1CCN(C(C)=O)CC1.I. The van der Waals surface area contributed by atoms with Gasteiger partial charge in [0, 0.05) is 43.5 Å². The van der Waals surface area contributed by atoms with E-state index in [1.54, 1.807) is 25.3 Å². The van der Waals surface area contributed by atoms with Crippen LogP contribution in [0.25, 0.3) is 10.6 Å². The fourth-order valence-electron chi connectivity index (χ4n) is 3.19. The number of halogens is 1. The number of rotatable bonds is 4. The molecule has 1 aromatic carbocycles. The van der Waals surface area contributed by atoms with Crippen LogP contribution in [0.2, 0.25) is 0 Å². The standard InChI is InChI=1S/C20H27N5OS.HI/c1-14-18(27-19(23-14)16-7-5-4-6-8-16)13-22-20(21-3)24-17-9-11-25(12-10-17)15(2)26;/h4-8,17H,9-13H2,1-3H3,(H2,21,22,24);1H. The van der Waals surface area contributed by atoms with E-state index < -0.39 is 0 Å². The molecule has 0 atom stereocenters. The number of nitrogens with one attached hydrogen (secondary N) is 2. The van der Waals surface area contributed by atoms with E-state index in [1.165, 1.54) is 4.88 Å². The number of carbonyl (C=O) groups excluding carboxylic acids is 1. The van der Waals surface area contributed by atoms with Crippen LogP contribution in [0.3, 0.4) is 0 Å². The number of aryl methyl sites for hydroxylation is 1. The Kier molecular flexibility index (Phi) is 8.68. The lowest BCUT2D eigenvalue weighted by atomic mass is 10.1. The smallest absolute Gasteiger partial charge is 0.219 e. The van der Waals surface area contributed by atoms with E-state index in [4.69, 9.17) is 4.98 Å². The number of hydrogen-bond donors (Lipinski definition) is 2. The summed E-state index contributed by atoms with van der Waals surface area (Å²) in [6.45, 7) is 5.99. The molecule has 1 saturated heterocycles. The predicted octanol–water partition coefficient (Wildman–Crippen LogP) is 3.41. The lowest BCUT2D eigenvalue weighted by Crippen LogP contribution is -2.49. The van der Waals surface area contributed by atoms with E-state index in [0.29, 0.717) is 12.6 Å². The normalized spacial score (nSPS) is 15.1. The lowest BCUT2D eigenvalue weighted by molar-refractivity contribution is -0.129. The summed E-state index contributed by atoms with van der Waals surface area (Å²) in [5.74, 6) is 0.955. The van der Waals surface area contributed by atoms with E-state index in [1.807, 2.05) is 30.0 Å². The first kappa shape index (κ1) is 22.6. The molecular formula is C20H28IN5OS. The van der Waals surface area contributed by atoms with Crippen molar-refractivity contribution in [3.63, 3.8) is 0 Å². The van der Waals surface area contributed by atoms with Gasteiger partial charge in [-0.25, -0.2) is 4.98 Å². The third-order valence-corrected chi connectivity index (χ3v) is 6.04. The van der Waals surface area contributed by atoms with Crippen molar-refractivity contribution < 1.29 is 4.79 Å². The Bertz CT molecular complexity index is 800. The van der Waals surface area contributed by atoms with Crippen LogP contribution >= 0.6 is 35.3 Å². The highest BCUT2D eigenvalue weighted by Crippen LogP contribution is 2.27. The topological polar surface area (TPSA) is 69.6 Å². The second kappa shape index (κ2) is 10.8. The molecule has 0 saturated carbocycles. The summed E-state index contributed by atoms with van der Waals surface area (Å²) in [5.41, 5.74) is 2.20. The summed E-state index contributed by atoms with van der Waals surface area (Å²) in [7, 11) is 1.79. The Morgan fingerprint density at radius 3 is 2.57 bits per heavy atom. The first-order valence-electron chi connectivity index (χ1n) is 9.31. The van der Waals surface area contributed by atoms with Gasteiger partial charge in [-0.05, 0) is 19.8 Å². The number of nitrogens with zero attached hydrogens (tertiary/aromatic N) is 3. The third-order valence-electron chi connectivity index (χ3n) is 4.83. The number of benzene rings is 1. The average molecular weight is 513 g/mol. The number of likely N-dealkylation sites (tertiary alicyclic amines) is 1. The largest absolute Gasteiger partial charge is 0.354 e. The highest BCUT2D eigenvalue weighted by molar-refractivity contribution is 14.0. The molecule has 0 unspecified atom stereocenters. The van der Waals surface area contributed by atoms with Gasteiger partial charge < -0.3 is 15.5 Å². The van der Waals surface area contributed by atoms with E-state index >= 15 is 0 Å². The Labute approximate surface area is 187 Å². The van der Waals surface area contributed by atoms with E-state index in [-0.39, 0.29) is 29.9 Å². The molecule has 0 radical (unpaired) electrons. The molecule has 6 nitrogen and oxygen atoms in total. The van der Waals surface area contributed by atoms with Crippen molar-refractivity contribution in [2.45, 2.75) is 39.3 Å². The summed E-state index contributed by atoms with van der Waals surface area (Å²) in [6.07, 6.45) is 1.88. The molecule has 0 bridgehead atoms. The fraction of sp³-hybridized carbons (Fsp3) is 0.450. The van der Waals surface area contributed by atoms with Crippen molar-refractivity contribution in [1.29, 1.82) is 0 Å². The van der Waals surface area contributed by atoms with Crippen molar-refractivity contribution in [1.82, 2.24) is 20.5 Å². The van der Waals surface area contributed by atoms with E-state index in [0.717, 1.165) is 48.2 Å². The van der Waals surface area contributed by atoms with Gasteiger partial charge in [0.05, 0.1) is 12.2 Å². The minimum absolute atomic E-state index is 0. The summed E-state index contributed by atoms with van der Waals surface area (Å²) in [5, 5.41) is 7.93. The lowest BCUT2D eigenvalue weighted by Gasteiger charge is -2.32. The molecule has 1 aromatic heterocycles. The van der Waals surface area contributed by atoms with Crippen LogP contribution in [-0.4, -0.2) is 47.9 Å². The Hall–Kier alpha value is -1.68. The maximum atomic E-state index is 11.4. The second-order valence-electron chi connectivity index (χ2n) is 6.74. The summed E-state index contributed by atoms with van der Waals surface area (Å²) in [6, 6.07) is 10.6. The molecule has 0 aliphatic carbocycles. The van der Waals surface area contributed by atoms with E-state index in [2.05, 4.69) is 27.8 Å². The Morgan fingerprint density at radius 1 is 1.29 bits per heavy atom. The summed E-state index contributed by atoms with van der Waals surface area (Å²) >= 11 is 1.71. The molecule has 2 N–H and O–H groups in total. The molecule has 1 aliphatic heterocycles. The zero-order valence-electron chi connectivity index (χ0n) is 16.6. The van der Waals surface area contributed by atoms with Crippen LogP contribution in [0.4, 0.5) is 0 Å². The van der Waals surface area contributed by atoms with Crippen molar-refractivity contribution >= 4 is 47.2 Å². The molecule has 152 valence electrons. The number of amides is 1. The van der Waals surface area contributed by atoms with E-state index in [9.17, 15) is 4.79 Å². The predicted molar refractivity (Wildman–Crippen MR) is 126 cm³/mol. The number of piperidine rings is 1.